The zero-order valence-corrected chi connectivity index (χ0v) is 9.86. The monoisotopic (exact) mass is 212 g/mol. The molecule has 1 aliphatic heterocycles. The van der Waals surface area contributed by atoms with E-state index in [1.54, 1.807) is 0 Å². The van der Waals surface area contributed by atoms with Crippen molar-refractivity contribution in [2.45, 2.75) is 44.8 Å². The Labute approximate surface area is 93.1 Å². The van der Waals surface area contributed by atoms with Gasteiger partial charge in [-0.25, -0.2) is 0 Å². The van der Waals surface area contributed by atoms with Crippen molar-refractivity contribution in [1.29, 1.82) is 0 Å². The van der Waals surface area contributed by atoms with Crippen molar-refractivity contribution in [2.75, 3.05) is 32.7 Å². The lowest BCUT2D eigenvalue weighted by Gasteiger charge is -2.39. The molecule has 1 aliphatic carbocycles. The maximum absolute atomic E-state index is 9.86. The molecular formula is C12H24N2O. The molecule has 0 bridgehead atoms. The Bertz CT molecular complexity index is 190. The zero-order valence-electron chi connectivity index (χ0n) is 9.86. The van der Waals surface area contributed by atoms with Gasteiger partial charge in [-0.3, -0.25) is 4.90 Å². The summed E-state index contributed by atoms with van der Waals surface area (Å²) >= 11 is 0. The quantitative estimate of drug-likeness (QED) is 0.754. The summed E-state index contributed by atoms with van der Waals surface area (Å²) in [5.41, 5.74) is 0. The molecule has 1 saturated carbocycles. The molecule has 2 atom stereocenters. The topological polar surface area (TPSA) is 26.7 Å². The lowest BCUT2D eigenvalue weighted by atomic mass is 10.1. The predicted molar refractivity (Wildman–Crippen MR) is 61.9 cm³/mol. The van der Waals surface area contributed by atoms with Crippen LogP contribution in [-0.2, 0) is 0 Å². The average molecular weight is 212 g/mol. The Balaban J connectivity index is 1.77. The van der Waals surface area contributed by atoms with Gasteiger partial charge in [0.25, 0.3) is 0 Å². The first-order valence-corrected chi connectivity index (χ1v) is 6.45. The largest absolute Gasteiger partial charge is 0.391 e. The molecule has 0 spiro atoms. The highest BCUT2D eigenvalue weighted by molar-refractivity contribution is 4.87. The first kappa shape index (κ1) is 11.4. The van der Waals surface area contributed by atoms with Gasteiger partial charge in [0.15, 0.2) is 0 Å². The zero-order chi connectivity index (χ0) is 10.7. The summed E-state index contributed by atoms with van der Waals surface area (Å²) in [6, 6.07) is 0.466. The molecule has 3 nitrogen and oxygen atoms in total. The highest BCUT2D eigenvalue weighted by Crippen LogP contribution is 2.24. The van der Waals surface area contributed by atoms with Crippen molar-refractivity contribution < 1.29 is 5.11 Å². The van der Waals surface area contributed by atoms with Crippen LogP contribution in [0.5, 0.6) is 0 Å². The molecule has 88 valence electrons. The molecule has 0 radical (unpaired) electrons. The molecular weight excluding hydrogens is 188 g/mol. The standard InChI is InChI=1S/C12H24N2O/c1-2-6-13-7-9-14(10-8-13)11-4-3-5-12(11)15/h11-12,15H,2-10H2,1H3/t11-,12-/m0/s1. The molecule has 1 N–H and O–H groups in total. The maximum atomic E-state index is 9.86. The number of aliphatic hydroxyl groups is 1. The van der Waals surface area contributed by atoms with Crippen molar-refractivity contribution in [3.05, 3.63) is 0 Å². The van der Waals surface area contributed by atoms with Crippen molar-refractivity contribution in [3.63, 3.8) is 0 Å². The molecule has 1 saturated heterocycles. The molecule has 0 amide bonds. The maximum Gasteiger partial charge on any atom is 0.0695 e. The van der Waals surface area contributed by atoms with E-state index in [0.717, 1.165) is 19.5 Å². The number of hydrogen-bond donors (Lipinski definition) is 1. The van der Waals surface area contributed by atoms with Gasteiger partial charge in [0.1, 0.15) is 0 Å². The molecule has 2 aliphatic rings. The third-order valence-electron chi connectivity index (χ3n) is 3.86. The fraction of sp³-hybridized carbons (Fsp3) is 1.00. The summed E-state index contributed by atoms with van der Waals surface area (Å²) < 4.78 is 0. The summed E-state index contributed by atoms with van der Waals surface area (Å²) in [4.78, 5) is 5.04. The molecule has 3 heteroatoms. The van der Waals surface area contributed by atoms with Crippen LogP contribution in [-0.4, -0.2) is 59.8 Å². The minimum Gasteiger partial charge on any atom is -0.391 e. The second-order valence-corrected chi connectivity index (χ2v) is 4.94. The third kappa shape index (κ3) is 2.71. The van der Waals surface area contributed by atoms with Crippen molar-refractivity contribution >= 4 is 0 Å². The SMILES string of the molecule is CCCN1CCN([C@H]2CCC[C@@H]2O)CC1. The van der Waals surface area contributed by atoms with E-state index in [9.17, 15) is 5.11 Å². The highest BCUT2D eigenvalue weighted by atomic mass is 16.3. The molecule has 0 unspecified atom stereocenters. The second kappa shape index (κ2) is 5.28. The van der Waals surface area contributed by atoms with Crippen LogP contribution >= 0.6 is 0 Å². The van der Waals surface area contributed by atoms with E-state index in [2.05, 4.69) is 16.7 Å². The van der Waals surface area contributed by atoms with E-state index in [1.807, 2.05) is 0 Å². The summed E-state index contributed by atoms with van der Waals surface area (Å²) in [6.45, 7) is 8.17. The Hall–Kier alpha value is -0.120. The number of rotatable bonds is 3. The van der Waals surface area contributed by atoms with E-state index < -0.39 is 0 Å². The third-order valence-corrected chi connectivity index (χ3v) is 3.86. The van der Waals surface area contributed by atoms with Crippen LogP contribution in [0.15, 0.2) is 0 Å². The fourth-order valence-electron chi connectivity index (χ4n) is 2.98. The summed E-state index contributed by atoms with van der Waals surface area (Å²) in [5.74, 6) is 0. The van der Waals surface area contributed by atoms with E-state index in [-0.39, 0.29) is 6.10 Å². The average Bonchev–Trinajstić information content (AvgIpc) is 2.66. The van der Waals surface area contributed by atoms with Crippen LogP contribution in [0.1, 0.15) is 32.6 Å². The Morgan fingerprint density at radius 1 is 1.13 bits per heavy atom. The summed E-state index contributed by atoms with van der Waals surface area (Å²) in [7, 11) is 0. The van der Waals surface area contributed by atoms with E-state index in [0.29, 0.717) is 6.04 Å². The molecule has 0 aromatic heterocycles. The van der Waals surface area contributed by atoms with Crippen molar-refractivity contribution in [1.82, 2.24) is 9.80 Å². The van der Waals surface area contributed by atoms with Crippen LogP contribution in [0.2, 0.25) is 0 Å². The van der Waals surface area contributed by atoms with E-state index >= 15 is 0 Å². The molecule has 0 aromatic carbocycles. The van der Waals surface area contributed by atoms with Gasteiger partial charge < -0.3 is 10.0 Å². The van der Waals surface area contributed by atoms with Crippen LogP contribution in [0.3, 0.4) is 0 Å². The second-order valence-electron chi connectivity index (χ2n) is 4.94. The van der Waals surface area contributed by atoms with Gasteiger partial charge >= 0.3 is 0 Å². The summed E-state index contributed by atoms with van der Waals surface area (Å²) in [5, 5.41) is 9.86. The molecule has 2 rings (SSSR count). The Morgan fingerprint density at radius 2 is 1.87 bits per heavy atom. The number of aliphatic hydroxyl groups excluding tert-OH is 1. The van der Waals surface area contributed by atoms with Gasteiger partial charge in [0.05, 0.1) is 6.10 Å². The van der Waals surface area contributed by atoms with Crippen molar-refractivity contribution in [3.8, 4) is 0 Å². The van der Waals surface area contributed by atoms with Gasteiger partial charge in [-0.1, -0.05) is 6.92 Å². The molecule has 15 heavy (non-hydrogen) atoms. The molecule has 0 aromatic rings. The fourth-order valence-corrected chi connectivity index (χ4v) is 2.98. The molecule has 2 fully saturated rings. The van der Waals surface area contributed by atoms with Crippen LogP contribution < -0.4 is 0 Å². The number of nitrogens with zero attached hydrogens (tertiary/aromatic N) is 2. The van der Waals surface area contributed by atoms with Gasteiger partial charge in [-0.15, -0.1) is 0 Å². The number of hydrogen-bond acceptors (Lipinski definition) is 3. The van der Waals surface area contributed by atoms with Gasteiger partial charge in [0, 0.05) is 32.2 Å². The predicted octanol–water partition coefficient (Wildman–Crippen LogP) is 0.927. The van der Waals surface area contributed by atoms with Crippen LogP contribution in [0.4, 0.5) is 0 Å². The minimum absolute atomic E-state index is 0.0530. The number of piperazine rings is 1. The highest BCUT2D eigenvalue weighted by Gasteiger charge is 2.32. The van der Waals surface area contributed by atoms with Gasteiger partial charge in [-0.2, -0.15) is 0 Å². The normalized spacial score (nSPS) is 34.8. The Morgan fingerprint density at radius 3 is 2.40 bits per heavy atom. The van der Waals surface area contributed by atoms with Crippen LogP contribution in [0.25, 0.3) is 0 Å². The van der Waals surface area contributed by atoms with Gasteiger partial charge in [-0.05, 0) is 32.2 Å². The lowest BCUT2D eigenvalue weighted by Crippen LogP contribution is -2.52. The van der Waals surface area contributed by atoms with E-state index in [1.165, 1.54) is 38.9 Å². The smallest absolute Gasteiger partial charge is 0.0695 e. The summed E-state index contributed by atoms with van der Waals surface area (Å²) in [6.07, 6.45) is 4.63. The molecule has 1 heterocycles. The van der Waals surface area contributed by atoms with Crippen molar-refractivity contribution in [2.24, 2.45) is 0 Å². The first-order valence-electron chi connectivity index (χ1n) is 6.45. The Kier molecular flexibility index (Phi) is 4.00. The van der Waals surface area contributed by atoms with Gasteiger partial charge in [0.2, 0.25) is 0 Å². The van der Waals surface area contributed by atoms with E-state index in [4.69, 9.17) is 0 Å². The first-order chi connectivity index (χ1) is 7.31. The lowest BCUT2D eigenvalue weighted by molar-refractivity contribution is 0.0356. The van der Waals surface area contributed by atoms with Crippen LogP contribution in [0, 0.1) is 0 Å². The minimum atomic E-state index is -0.0530.